The second-order valence-electron chi connectivity index (χ2n) is 5.76. The first-order chi connectivity index (χ1) is 8.66. The van der Waals surface area contributed by atoms with Crippen molar-refractivity contribution in [3.05, 3.63) is 30.5 Å². The van der Waals surface area contributed by atoms with E-state index in [4.69, 9.17) is 0 Å². The molecule has 0 spiro atoms. The number of rotatable bonds is 1. The Balaban J connectivity index is 2.03. The van der Waals surface area contributed by atoms with Gasteiger partial charge in [0, 0.05) is 5.39 Å². The first kappa shape index (κ1) is 11.7. The zero-order valence-electron chi connectivity index (χ0n) is 11.0. The average molecular weight is 244 g/mol. The van der Waals surface area contributed by atoms with E-state index in [1.165, 1.54) is 0 Å². The van der Waals surface area contributed by atoms with Crippen LogP contribution in [0, 0.1) is 11.8 Å². The summed E-state index contributed by atoms with van der Waals surface area (Å²) in [4.78, 5) is 0. The van der Waals surface area contributed by atoms with Crippen LogP contribution in [0.3, 0.4) is 0 Å². The molecule has 1 saturated carbocycles. The predicted molar refractivity (Wildman–Crippen MR) is 72.3 cm³/mol. The number of nitrogens with zero attached hydrogens (tertiary/aromatic N) is 2. The van der Waals surface area contributed by atoms with E-state index in [-0.39, 0.29) is 12.1 Å². The molecule has 0 aliphatic heterocycles. The summed E-state index contributed by atoms with van der Waals surface area (Å²) in [6, 6.07) is 8.32. The summed E-state index contributed by atoms with van der Waals surface area (Å²) >= 11 is 0. The van der Waals surface area contributed by atoms with E-state index in [1.54, 1.807) is 0 Å². The molecule has 2 aromatic rings. The Bertz CT molecular complexity index is 536. The Morgan fingerprint density at radius 2 is 2.00 bits per heavy atom. The van der Waals surface area contributed by atoms with Gasteiger partial charge in [0.1, 0.15) is 0 Å². The first-order valence-electron chi connectivity index (χ1n) is 6.77. The number of para-hydroxylation sites is 1. The van der Waals surface area contributed by atoms with Crippen molar-refractivity contribution in [3.63, 3.8) is 0 Å². The topological polar surface area (TPSA) is 38.0 Å². The smallest absolute Gasteiger partial charge is 0.0810 e. The fourth-order valence-electron chi connectivity index (χ4n) is 3.43. The fraction of sp³-hybridized carbons (Fsp3) is 0.533. The molecule has 1 heterocycles. The predicted octanol–water partition coefficient (Wildman–Crippen LogP) is 3.00. The molecular formula is C15H20N2O. The Labute approximate surface area is 107 Å². The van der Waals surface area contributed by atoms with Crippen molar-refractivity contribution in [1.82, 2.24) is 9.78 Å². The van der Waals surface area contributed by atoms with Gasteiger partial charge in [0.2, 0.25) is 0 Å². The van der Waals surface area contributed by atoms with Gasteiger partial charge < -0.3 is 5.11 Å². The fourth-order valence-corrected chi connectivity index (χ4v) is 3.43. The molecule has 0 amide bonds. The summed E-state index contributed by atoms with van der Waals surface area (Å²) in [7, 11) is 0. The number of aliphatic hydroxyl groups excluding tert-OH is 1. The van der Waals surface area contributed by atoms with E-state index in [9.17, 15) is 5.11 Å². The molecule has 1 fully saturated rings. The van der Waals surface area contributed by atoms with Crippen LogP contribution in [0.25, 0.3) is 10.9 Å². The highest BCUT2D eigenvalue weighted by molar-refractivity contribution is 5.78. The number of aliphatic hydroxyl groups is 1. The van der Waals surface area contributed by atoms with Gasteiger partial charge in [-0.1, -0.05) is 32.0 Å². The van der Waals surface area contributed by atoms with Gasteiger partial charge in [-0.15, -0.1) is 0 Å². The lowest BCUT2D eigenvalue weighted by Crippen LogP contribution is -2.36. The molecule has 1 aliphatic rings. The van der Waals surface area contributed by atoms with E-state index in [2.05, 4.69) is 31.1 Å². The number of aromatic nitrogens is 2. The van der Waals surface area contributed by atoms with Crippen molar-refractivity contribution in [2.45, 2.75) is 38.8 Å². The minimum atomic E-state index is -0.285. The van der Waals surface area contributed by atoms with E-state index in [1.807, 2.05) is 23.0 Å². The standard InChI is InChI=1S/C15H20N2O/c1-10-7-11(2)15(14(18)8-10)17-13-6-4-3-5-12(13)9-16-17/h3-6,9-11,14-15,18H,7-8H2,1-2H3. The Morgan fingerprint density at radius 3 is 2.78 bits per heavy atom. The van der Waals surface area contributed by atoms with Crippen LogP contribution in [0.4, 0.5) is 0 Å². The van der Waals surface area contributed by atoms with Crippen molar-refractivity contribution < 1.29 is 5.11 Å². The molecule has 3 heteroatoms. The molecule has 3 nitrogen and oxygen atoms in total. The maximum atomic E-state index is 10.4. The molecule has 96 valence electrons. The van der Waals surface area contributed by atoms with Gasteiger partial charge in [0.25, 0.3) is 0 Å². The van der Waals surface area contributed by atoms with Crippen LogP contribution in [-0.2, 0) is 0 Å². The summed E-state index contributed by atoms with van der Waals surface area (Å²) in [6.07, 6.45) is 3.65. The molecule has 18 heavy (non-hydrogen) atoms. The Kier molecular flexibility index (Phi) is 2.86. The van der Waals surface area contributed by atoms with Crippen molar-refractivity contribution in [2.75, 3.05) is 0 Å². The van der Waals surface area contributed by atoms with Gasteiger partial charge in [0.05, 0.1) is 23.9 Å². The number of benzene rings is 1. The molecule has 1 aliphatic carbocycles. The molecule has 4 atom stereocenters. The van der Waals surface area contributed by atoms with Crippen molar-refractivity contribution in [3.8, 4) is 0 Å². The first-order valence-corrected chi connectivity index (χ1v) is 6.77. The van der Waals surface area contributed by atoms with E-state index < -0.39 is 0 Å². The normalized spacial score (nSPS) is 32.8. The van der Waals surface area contributed by atoms with E-state index in [0.29, 0.717) is 11.8 Å². The quantitative estimate of drug-likeness (QED) is 0.837. The number of fused-ring (bicyclic) bond motifs is 1. The van der Waals surface area contributed by atoms with Crippen LogP contribution in [0.1, 0.15) is 32.7 Å². The zero-order valence-corrected chi connectivity index (χ0v) is 11.0. The lowest BCUT2D eigenvalue weighted by molar-refractivity contribution is 0.0199. The van der Waals surface area contributed by atoms with Crippen molar-refractivity contribution >= 4 is 10.9 Å². The van der Waals surface area contributed by atoms with Gasteiger partial charge >= 0.3 is 0 Å². The third-order valence-corrected chi connectivity index (χ3v) is 4.18. The van der Waals surface area contributed by atoms with Crippen LogP contribution in [0.2, 0.25) is 0 Å². The third-order valence-electron chi connectivity index (χ3n) is 4.18. The molecule has 0 bridgehead atoms. The van der Waals surface area contributed by atoms with Crippen LogP contribution in [0.15, 0.2) is 30.5 Å². The van der Waals surface area contributed by atoms with Gasteiger partial charge in [-0.3, -0.25) is 4.68 Å². The van der Waals surface area contributed by atoms with Gasteiger partial charge in [-0.25, -0.2) is 0 Å². The molecule has 4 unspecified atom stereocenters. The van der Waals surface area contributed by atoms with Gasteiger partial charge in [-0.2, -0.15) is 5.10 Å². The highest BCUT2D eigenvalue weighted by Crippen LogP contribution is 2.38. The van der Waals surface area contributed by atoms with Gasteiger partial charge in [-0.05, 0) is 30.7 Å². The largest absolute Gasteiger partial charge is 0.391 e. The summed E-state index contributed by atoms with van der Waals surface area (Å²) < 4.78 is 2.02. The summed E-state index contributed by atoms with van der Waals surface area (Å²) in [6.45, 7) is 4.44. The Hall–Kier alpha value is -1.35. The molecule has 3 rings (SSSR count). The summed E-state index contributed by atoms with van der Waals surface area (Å²) in [5.74, 6) is 1.07. The maximum absolute atomic E-state index is 10.4. The van der Waals surface area contributed by atoms with E-state index in [0.717, 1.165) is 23.7 Å². The molecule has 1 aromatic carbocycles. The number of hydrogen-bond donors (Lipinski definition) is 1. The van der Waals surface area contributed by atoms with E-state index >= 15 is 0 Å². The van der Waals surface area contributed by atoms with Gasteiger partial charge in [0.15, 0.2) is 0 Å². The monoisotopic (exact) mass is 244 g/mol. The second kappa shape index (κ2) is 4.39. The van der Waals surface area contributed by atoms with Crippen LogP contribution in [-0.4, -0.2) is 21.0 Å². The second-order valence-corrected chi connectivity index (χ2v) is 5.76. The van der Waals surface area contributed by atoms with Crippen molar-refractivity contribution in [1.29, 1.82) is 0 Å². The zero-order chi connectivity index (χ0) is 12.7. The summed E-state index contributed by atoms with van der Waals surface area (Å²) in [5, 5.41) is 16.0. The van der Waals surface area contributed by atoms with Crippen LogP contribution >= 0.6 is 0 Å². The highest BCUT2D eigenvalue weighted by atomic mass is 16.3. The third kappa shape index (κ3) is 1.83. The molecule has 1 N–H and O–H groups in total. The summed E-state index contributed by atoms with van der Waals surface area (Å²) in [5.41, 5.74) is 1.13. The van der Waals surface area contributed by atoms with Crippen LogP contribution < -0.4 is 0 Å². The maximum Gasteiger partial charge on any atom is 0.0810 e. The lowest BCUT2D eigenvalue weighted by Gasteiger charge is -2.37. The minimum absolute atomic E-state index is 0.112. The van der Waals surface area contributed by atoms with Crippen LogP contribution in [0.5, 0.6) is 0 Å². The highest BCUT2D eigenvalue weighted by Gasteiger charge is 2.35. The minimum Gasteiger partial charge on any atom is -0.391 e. The average Bonchev–Trinajstić information content (AvgIpc) is 2.72. The molecule has 0 radical (unpaired) electrons. The molecule has 0 saturated heterocycles. The molecule has 1 aromatic heterocycles. The van der Waals surface area contributed by atoms with Crippen molar-refractivity contribution in [2.24, 2.45) is 11.8 Å². The number of hydrogen-bond acceptors (Lipinski definition) is 2. The SMILES string of the molecule is CC1CC(C)C(n2ncc3ccccc32)C(O)C1. The molecular weight excluding hydrogens is 224 g/mol. The lowest BCUT2D eigenvalue weighted by atomic mass is 9.78. The Morgan fingerprint density at radius 1 is 1.22 bits per heavy atom.